The Morgan fingerprint density at radius 2 is 2.00 bits per heavy atom. The van der Waals surface area contributed by atoms with E-state index in [4.69, 9.17) is 4.74 Å². The van der Waals surface area contributed by atoms with Crippen molar-refractivity contribution >= 4 is 20.1 Å². The number of rotatable bonds is 4. The van der Waals surface area contributed by atoms with Gasteiger partial charge < -0.3 is 4.74 Å². The molecule has 5 heteroatoms. The summed E-state index contributed by atoms with van der Waals surface area (Å²) in [6.45, 7) is 16.0. The molecule has 0 aromatic carbocycles. The van der Waals surface area contributed by atoms with Gasteiger partial charge >= 0.3 is 6.09 Å². The molecule has 124 valence electrons. The van der Waals surface area contributed by atoms with E-state index in [0.29, 0.717) is 6.42 Å². The quantitative estimate of drug-likeness (QED) is 0.575. The van der Waals surface area contributed by atoms with Crippen molar-refractivity contribution in [3.63, 3.8) is 0 Å². The molecule has 0 aromatic heterocycles. The Morgan fingerprint density at radius 3 is 2.45 bits per heavy atom. The Hall–Kier alpha value is -1.36. The van der Waals surface area contributed by atoms with E-state index >= 15 is 0 Å². The summed E-state index contributed by atoms with van der Waals surface area (Å²) in [5.74, 6) is -0.446. The van der Waals surface area contributed by atoms with Gasteiger partial charge in [-0.15, -0.1) is 6.58 Å². The molecule has 4 nitrogen and oxygen atoms in total. The zero-order valence-electron chi connectivity index (χ0n) is 14.7. The molecule has 0 N–H and O–H groups in total. The molecule has 2 atom stereocenters. The number of hydrogen-bond acceptors (Lipinski definition) is 3. The molecule has 1 rings (SSSR count). The van der Waals surface area contributed by atoms with E-state index < -0.39 is 19.8 Å². The number of amides is 2. The molecular formula is C17H29NO3Si. The second kappa shape index (κ2) is 6.81. The van der Waals surface area contributed by atoms with Crippen molar-refractivity contribution in [1.82, 2.24) is 4.90 Å². The topological polar surface area (TPSA) is 46.6 Å². The van der Waals surface area contributed by atoms with E-state index in [1.807, 2.05) is 6.08 Å². The minimum Gasteiger partial charge on any atom is -0.443 e. The number of nitrogens with zero attached hydrogens (tertiary/aromatic N) is 1. The lowest BCUT2D eigenvalue weighted by Crippen LogP contribution is -2.42. The van der Waals surface area contributed by atoms with Crippen LogP contribution in [0.3, 0.4) is 0 Å². The third-order valence-corrected chi connectivity index (χ3v) is 4.80. The van der Waals surface area contributed by atoms with Crippen LogP contribution in [0.4, 0.5) is 4.79 Å². The summed E-state index contributed by atoms with van der Waals surface area (Å²) in [5, 5.41) is 0. The molecule has 1 aliphatic heterocycles. The number of imide groups is 1. The average molecular weight is 324 g/mol. The van der Waals surface area contributed by atoms with Gasteiger partial charge in [-0.2, -0.15) is 0 Å². The lowest BCUT2D eigenvalue weighted by Gasteiger charge is -2.26. The predicted octanol–water partition coefficient (Wildman–Crippen LogP) is 4.22. The van der Waals surface area contributed by atoms with Crippen molar-refractivity contribution in [3.8, 4) is 0 Å². The Balaban J connectivity index is 2.82. The molecule has 0 saturated carbocycles. The summed E-state index contributed by atoms with van der Waals surface area (Å²) in [4.78, 5) is 25.9. The summed E-state index contributed by atoms with van der Waals surface area (Å²) in [5.41, 5.74) is -0.616. The fourth-order valence-corrected chi connectivity index (χ4v) is 3.14. The number of carbonyl (C=O) groups excluding carboxylic acids is 2. The minimum absolute atomic E-state index is 0.189. The van der Waals surface area contributed by atoms with Crippen LogP contribution >= 0.6 is 0 Å². The van der Waals surface area contributed by atoms with E-state index in [-0.39, 0.29) is 17.9 Å². The first-order valence-electron chi connectivity index (χ1n) is 7.80. The van der Waals surface area contributed by atoms with Crippen LogP contribution in [-0.4, -0.2) is 36.6 Å². The second-order valence-corrected chi connectivity index (χ2v) is 13.6. The summed E-state index contributed by atoms with van der Waals surface area (Å²) >= 11 is 0. The average Bonchev–Trinajstić information content (AvgIpc) is 2.62. The molecule has 0 spiro atoms. The summed E-state index contributed by atoms with van der Waals surface area (Å²) in [6.07, 6.45) is 5.69. The Bertz CT molecular complexity index is 471. The Kier molecular flexibility index (Phi) is 5.79. The van der Waals surface area contributed by atoms with Crippen molar-refractivity contribution in [2.75, 3.05) is 0 Å². The molecule has 1 fully saturated rings. The first-order valence-corrected chi connectivity index (χ1v) is 11.5. The molecule has 0 aromatic rings. The first kappa shape index (κ1) is 18.7. The van der Waals surface area contributed by atoms with Gasteiger partial charge in [-0.25, -0.2) is 9.69 Å². The van der Waals surface area contributed by atoms with Gasteiger partial charge in [0.15, 0.2) is 0 Å². The standard InChI is InChI=1S/C17H29NO3Si/c1-8-14-12-13(10-9-11-22(5,6)7)15(19)18(14)16(20)21-17(2,3)4/h8-10,13-14H,1,11-12H2,2-7H3/b10-9+/t13-,14+/m0/s1. The van der Waals surface area contributed by atoms with Crippen molar-refractivity contribution in [3.05, 3.63) is 24.8 Å². The largest absolute Gasteiger partial charge is 0.443 e. The number of ether oxygens (including phenoxy) is 1. The van der Waals surface area contributed by atoms with E-state index in [1.54, 1.807) is 26.8 Å². The lowest BCUT2D eigenvalue weighted by atomic mass is 10.0. The smallest absolute Gasteiger partial charge is 0.417 e. The van der Waals surface area contributed by atoms with Crippen molar-refractivity contribution in [1.29, 1.82) is 0 Å². The van der Waals surface area contributed by atoms with Gasteiger partial charge in [0, 0.05) is 8.07 Å². The second-order valence-electron chi connectivity index (χ2n) is 8.03. The van der Waals surface area contributed by atoms with Gasteiger partial charge in [-0.1, -0.05) is 37.9 Å². The molecule has 2 amide bonds. The molecular weight excluding hydrogens is 294 g/mol. The zero-order valence-corrected chi connectivity index (χ0v) is 15.7. The van der Waals surface area contributed by atoms with Crippen LogP contribution in [0.5, 0.6) is 0 Å². The van der Waals surface area contributed by atoms with Gasteiger partial charge in [0.25, 0.3) is 0 Å². The molecule has 0 radical (unpaired) electrons. The fourth-order valence-electron chi connectivity index (χ4n) is 2.29. The maximum Gasteiger partial charge on any atom is 0.417 e. The van der Waals surface area contributed by atoms with Crippen LogP contribution in [0.2, 0.25) is 25.7 Å². The van der Waals surface area contributed by atoms with Gasteiger partial charge in [-0.05, 0) is 33.2 Å². The van der Waals surface area contributed by atoms with Gasteiger partial charge in [0.05, 0.1) is 12.0 Å². The molecule has 0 bridgehead atoms. The predicted molar refractivity (Wildman–Crippen MR) is 92.5 cm³/mol. The minimum atomic E-state index is -1.17. The van der Waals surface area contributed by atoms with E-state index in [9.17, 15) is 9.59 Å². The molecule has 1 heterocycles. The van der Waals surface area contributed by atoms with E-state index in [1.165, 1.54) is 4.90 Å². The number of carbonyl (C=O) groups is 2. The van der Waals surface area contributed by atoms with Crippen molar-refractivity contribution in [2.24, 2.45) is 5.92 Å². The maximum atomic E-state index is 12.5. The van der Waals surface area contributed by atoms with Crippen LogP contribution < -0.4 is 0 Å². The highest BCUT2D eigenvalue weighted by Crippen LogP contribution is 2.29. The normalized spacial score (nSPS) is 23.2. The number of hydrogen-bond donors (Lipinski definition) is 0. The lowest BCUT2D eigenvalue weighted by molar-refractivity contribution is -0.129. The van der Waals surface area contributed by atoms with Crippen LogP contribution in [0, 0.1) is 5.92 Å². The zero-order chi connectivity index (χ0) is 17.1. The highest BCUT2D eigenvalue weighted by Gasteiger charge is 2.42. The molecule has 0 unspecified atom stereocenters. The fraction of sp³-hybridized carbons (Fsp3) is 0.647. The van der Waals surface area contributed by atoms with E-state index in [2.05, 4.69) is 32.3 Å². The van der Waals surface area contributed by atoms with Crippen LogP contribution in [0.25, 0.3) is 0 Å². The number of allylic oxidation sites excluding steroid dienone is 1. The highest BCUT2D eigenvalue weighted by atomic mass is 28.3. The molecule has 1 aliphatic rings. The third kappa shape index (κ3) is 5.44. The molecule has 22 heavy (non-hydrogen) atoms. The third-order valence-electron chi connectivity index (χ3n) is 3.34. The first-order chi connectivity index (χ1) is 9.94. The summed E-state index contributed by atoms with van der Waals surface area (Å²) in [6, 6.07) is 0.742. The SMILES string of the molecule is C=C[C@@H]1C[C@H](/C=C/C[Si](C)(C)C)C(=O)N1C(=O)OC(C)(C)C. The van der Waals surface area contributed by atoms with E-state index in [0.717, 1.165) is 6.04 Å². The van der Waals surface area contributed by atoms with Crippen LogP contribution in [-0.2, 0) is 9.53 Å². The highest BCUT2D eigenvalue weighted by molar-refractivity contribution is 6.76. The molecule has 1 saturated heterocycles. The van der Waals surface area contributed by atoms with Gasteiger partial charge in [0.2, 0.25) is 5.91 Å². The van der Waals surface area contributed by atoms with Gasteiger partial charge in [0.1, 0.15) is 5.60 Å². The maximum absolute atomic E-state index is 12.5. The van der Waals surface area contributed by atoms with Crippen LogP contribution in [0.1, 0.15) is 27.2 Å². The van der Waals surface area contributed by atoms with Crippen molar-refractivity contribution < 1.29 is 14.3 Å². The number of likely N-dealkylation sites (tertiary alicyclic amines) is 1. The van der Waals surface area contributed by atoms with Crippen LogP contribution in [0.15, 0.2) is 24.8 Å². The Morgan fingerprint density at radius 1 is 1.41 bits per heavy atom. The Labute approximate surface area is 135 Å². The molecule has 0 aliphatic carbocycles. The monoisotopic (exact) mass is 323 g/mol. The van der Waals surface area contributed by atoms with Crippen molar-refractivity contribution in [2.45, 2.75) is 64.5 Å². The summed E-state index contributed by atoms with van der Waals surface area (Å²) < 4.78 is 5.33. The summed E-state index contributed by atoms with van der Waals surface area (Å²) in [7, 11) is -1.17. The van der Waals surface area contributed by atoms with Gasteiger partial charge in [-0.3, -0.25) is 4.79 Å².